The number of aromatic nitrogens is 1. The first-order valence-corrected chi connectivity index (χ1v) is 10.8. The van der Waals surface area contributed by atoms with Crippen molar-refractivity contribution in [2.45, 2.75) is 31.8 Å². The molecule has 0 unspecified atom stereocenters. The molecular formula is C26H23FN2O3. The molecule has 2 aliphatic rings. The summed E-state index contributed by atoms with van der Waals surface area (Å²) in [5.41, 5.74) is 2.37. The fraction of sp³-hybridized carbons (Fsp3) is 0.231. The van der Waals surface area contributed by atoms with Crippen molar-refractivity contribution < 1.29 is 19.0 Å². The van der Waals surface area contributed by atoms with Gasteiger partial charge < -0.3 is 9.84 Å². The van der Waals surface area contributed by atoms with E-state index in [0.717, 1.165) is 31.4 Å². The van der Waals surface area contributed by atoms with Gasteiger partial charge in [0.05, 0.1) is 11.1 Å². The van der Waals surface area contributed by atoms with Crippen LogP contribution in [-0.4, -0.2) is 27.3 Å². The Morgan fingerprint density at radius 3 is 2.84 bits per heavy atom. The van der Waals surface area contributed by atoms with Gasteiger partial charge in [-0.25, -0.2) is 4.39 Å². The molecule has 5 nitrogen and oxygen atoms in total. The number of pyridine rings is 1. The van der Waals surface area contributed by atoms with Gasteiger partial charge in [0, 0.05) is 30.5 Å². The zero-order valence-corrected chi connectivity index (χ0v) is 17.5. The van der Waals surface area contributed by atoms with Crippen molar-refractivity contribution in [3.8, 4) is 11.5 Å². The van der Waals surface area contributed by atoms with Crippen LogP contribution in [0.25, 0.3) is 6.08 Å². The van der Waals surface area contributed by atoms with Crippen molar-refractivity contribution in [1.29, 1.82) is 0 Å². The molecule has 1 fully saturated rings. The molecule has 0 aliphatic carbocycles. The zero-order chi connectivity index (χ0) is 22.1. The van der Waals surface area contributed by atoms with Gasteiger partial charge in [0.2, 0.25) is 5.78 Å². The second-order valence-electron chi connectivity index (χ2n) is 8.17. The minimum Gasteiger partial charge on any atom is -0.507 e. The molecule has 5 rings (SSSR count). The molecule has 6 heteroatoms. The monoisotopic (exact) mass is 430 g/mol. The van der Waals surface area contributed by atoms with Crippen LogP contribution in [-0.2, 0) is 6.54 Å². The number of aromatic hydroxyl groups is 1. The second kappa shape index (κ2) is 8.55. The van der Waals surface area contributed by atoms with Gasteiger partial charge in [-0.15, -0.1) is 0 Å². The Morgan fingerprint density at radius 2 is 2.03 bits per heavy atom. The van der Waals surface area contributed by atoms with E-state index in [1.165, 1.54) is 18.2 Å². The number of hydrogen-bond donors (Lipinski definition) is 1. The van der Waals surface area contributed by atoms with Gasteiger partial charge in [-0.05, 0) is 55.3 Å². The molecule has 0 spiro atoms. The van der Waals surface area contributed by atoms with Gasteiger partial charge in [0.15, 0.2) is 5.76 Å². The van der Waals surface area contributed by atoms with Crippen molar-refractivity contribution in [1.82, 2.24) is 9.88 Å². The Hall–Kier alpha value is -3.51. The summed E-state index contributed by atoms with van der Waals surface area (Å²) in [6.07, 6.45) is 8.24. The molecule has 0 radical (unpaired) electrons. The Balaban J connectivity index is 1.48. The number of phenols is 1. The van der Waals surface area contributed by atoms with Crippen molar-refractivity contribution in [3.05, 3.63) is 94.8 Å². The quantitative estimate of drug-likeness (QED) is 0.572. The number of Topliss-reactive ketones (excluding diaryl/α,β-unsaturated/α-hetero) is 1. The highest BCUT2D eigenvalue weighted by Crippen LogP contribution is 2.42. The van der Waals surface area contributed by atoms with E-state index in [4.69, 9.17) is 4.74 Å². The number of fused-ring (bicyclic) bond motifs is 1. The second-order valence-corrected chi connectivity index (χ2v) is 8.17. The molecule has 2 aliphatic heterocycles. The number of ether oxygens (including phenoxy) is 1. The number of likely N-dealkylation sites (tertiary alicyclic amines) is 1. The predicted octanol–water partition coefficient (Wildman–Crippen LogP) is 5.27. The topological polar surface area (TPSA) is 62.7 Å². The maximum atomic E-state index is 14.1. The first-order chi connectivity index (χ1) is 15.6. The fourth-order valence-electron chi connectivity index (χ4n) is 4.52. The van der Waals surface area contributed by atoms with Gasteiger partial charge in [-0.3, -0.25) is 14.7 Å². The molecule has 1 aromatic heterocycles. The van der Waals surface area contributed by atoms with E-state index in [0.29, 0.717) is 23.4 Å². The van der Waals surface area contributed by atoms with Gasteiger partial charge in [-0.1, -0.05) is 30.7 Å². The van der Waals surface area contributed by atoms with Gasteiger partial charge in [0.25, 0.3) is 0 Å². The predicted molar refractivity (Wildman–Crippen MR) is 119 cm³/mol. The van der Waals surface area contributed by atoms with Crippen LogP contribution in [0.2, 0.25) is 0 Å². The lowest BCUT2D eigenvalue weighted by atomic mass is 9.95. The lowest BCUT2D eigenvalue weighted by Crippen LogP contribution is -2.33. The Kier molecular flexibility index (Phi) is 5.45. The molecule has 0 bridgehead atoms. The van der Waals surface area contributed by atoms with Crippen molar-refractivity contribution in [2.75, 3.05) is 6.54 Å². The van der Waals surface area contributed by atoms with Crippen LogP contribution in [0, 0.1) is 5.82 Å². The molecular weight excluding hydrogens is 407 g/mol. The number of benzene rings is 2. The van der Waals surface area contributed by atoms with E-state index in [-0.39, 0.29) is 28.9 Å². The molecule has 3 heterocycles. The molecule has 1 saturated heterocycles. The van der Waals surface area contributed by atoms with E-state index in [2.05, 4.69) is 16.0 Å². The lowest BCUT2D eigenvalue weighted by Gasteiger charge is -2.36. The van der Waals surface area contributed by atoms with E-state index >= 15 is 0 Å². The summed E-state index contributed by atoms with van der Waals surface area (Å²) >= 11 is 0. The molecule has 3 aromatic rings. The number of hydrogen-bond acceptors (Lipinski definition) is 5. The summed E-state index contributed by atoms with van der Waals surface area (Å²) in [6.45, 7) is 1.31. The number of carbonyl (C=O) groups excluding carboxylic acids is 1. The summed E-state index contributed by atoms with van der Waals surface area (Å²) < 4.78 is 20.0. The molecule has 162 valence electrons. The SMILES string of the molecule is O=C1/C(=C/c2ccccc2F)Oc2c1ccc(O)c2CN1CCCC[C@H]1c1cccnc1. The van der Waals surface area contributed by atoms with Crippen LogP contribution in [0.5, 0.6) is 11.5 Å². The highest BCUT2D eigenvalue weighted by atomic mass is 19.1. The highest BCUT2D eigenvalue weighted by Gasteiger charge is 2.33. The largest absolute Gasteiger partial charge is 0.507 e. The van der Waals surface area contributed by atoms with Crippen LogP contribution in [0.15, 0.2) is 66.7 Å². The Bertz CT molecular complexity index is 1190. The smallest absolute Gasteiger partial charge is 0.231 e. The number of phenolic OH excluding ortho intramolecular Hbond substituents is 1. The first-order valence-electron chi connectivity index (χ1n) is 10.8. The van der Waals surface area contributed by atoms with Crippen LogP contribution in [0.4, 0.5) is 4.39 Å². The molecule has 0 amide bonds. The molecule has 1 N–H and O–H groups in total. The molecule has 32 heavy (non-hydrogen) atoms. The van der Waals surface area contributed by atoms with E-state index in [1.54, 1.807) is 30.5 Å². The summed E-state index contributed by atoms with van der Waals surface area (Å²) in [5, 5.41) is 10.7. The summed E-state index contributed by atoms with van der Waals surface area (Å²) in [5.74, 6) is -0.248. The average Bonchev–Trinajstić information content (AvgIpc) is 3.13. The minimum atomic E-state index is -0.428. The Morgan fingerprint density at radius 1 is 1.16 bits per heavy atom. The van der Waals surface area contributed by atoms with Crippen LogP contribution in [0.3, 0.4) is 0 Å². The summed E-state index contributed by atoms with van der Waals surface area (Å²) in [6, 6.07) is 13.5. The first kappa shape index (κ1) is 20.4. The number of piperidine rings is 1. The average molecular weight is 430 g/mol. The normalized spacial score (nSPS) is 19.7. The van der Waals surface area contributed by atoms with Crippen molar-refractivity contribution in [2.24, 2.45) is 0 Å². The Labute approximate surface area is 185 Å². The number of halogens is 1. The molecule has 1 atom stereocenters. The fourth-order valence-corrected chi connectivity index (χ4v) is 4.52. The highest BCUT2D eigenvalue weighted by molar-refractivity contribution is 6.15. The standard InChI is InChI=1S/C26H23FN2O3/c27-21-8-2-1-6-17(21)14-24-25(31)19-10-11-23(30)20(26(19)32-24)16-29-13-4-3-9-22(29)18-7-5-12-28-15-18/h1-2,5-8,10-12,14-15,22,30H,3-4,9,13,16H2/b24-14-/t22-/m0/s1. The third-order valence-corrected chi connectivity index (χ3v) is 6.15. The minimum absolute atomic E-state index is 0.0550. The number of rotatable bonds is 4. The maximum absolute atomic E-state index is 14.1. The van der Waals surface area contributed by atoms with E-state index in [1.807, 2.05) is 12.3 Å². The molecule has 2 aromatic carbocycles. The van der Waals surface area contributed by atoms with Gasteiger partial charge >= 0.3 is 0 Å². The van der Waals surface area contributed by atoms with E-state index < -0.39 is 5.82 Å². The van der Waals surface area contributed by atoms with Gasteiger partial charge in [-0.2, -0.15) is 0 Å². The van der Waals surface area contributed by atoms with Crippen LogP contribution >= 0.6 is 0 Å². The van der Waals surface area contributed by atoms with Crippen LogP contribution < -0.4 is 4.74 Å². The van der Waals surface area contributed by atoms with Crippen LogP contribution in [0.1, 0.15) is 52.4 Å². The lowest BCUT2D eigenvalue weighted by molar-refractivity contribution is 0.101. The van der Waals surface area contributed by atoms with Gasteiger partial charge in [0.1, 0.15) is 17.3 Å². The number of nitrogens with zero attached hydrogens (tertiary/aromatic N) is 2. The summed E-state index contributed by atoms with van der Waals surface area (Å²) in [7, 11) is 0. The maximum Gasteiger partial charge on any atom is 0.231 e. The third-order valence-electron chi connectivity index (χ3n) is 6.15. The number of allylic oxidation sites excluding steroid dienone is 1. The van der Waals surface area contributed by atoms with Crippen molar-refractivity contribution in [3.63, 3.8) is 0 Å². The summed E-state index contributed by atoms with van der Waals surface area (Å²) in [4.78, 5) is 19.5. The number of ketones is 1. The third kappa shape index (κ3) is 3.78. The number of carbonyl (C=O) groups is 1. The van der Waals surface area contributed by atoms with Crippen molar-refractivity contribution >= 4 is 11.9 Å². The zero-order valence-electron chi connectivity index (χ0n) is 17.5. The van der Waals surface area contributed by atoms with E-state index in [9.17, 15) is 14.3 Å². The molecule has 0 saturated carbocycles.